The molecule has 31 heavy (non-hydrogen) atoms. The van der Waals surface area contributed by atoms with Crippen molar-refractivity contribution in [1.29, 1.82) is 0 Å². The molecular weight excluding hydrogens is 414 g/mol. The molecule has 0 unspecified atom stereocenters. The maximum absolute atomic E-state index is 13.0. The number of amides is 1. The Balaban J connectivity index is 1.54. The minimum absolute atomic E-state index is 0.201. The summed E-state index contributed by atoms with van der Waals surface area (Å²) >= 11 is 0. The van der Waals surface area contributed by atoms with E-state index >= 15 is 0 Å². The van der Waals surface area contributed by atoms with Gasteiger partial charge in [0.25, 0.3) is 5.91 Å². The predicted octanol–water partition coefficient (Wildman–Crippen LogP) is 3.77. The van der Waals surface area contributed by atoms with Crippen molar-refractivity contribution in [2.75, 3.05) is 18.5 Å². The molecule has 8 heteroatoms. The molecule has 4 rings (SSSR count). The topological polar surface area (TPSA) is 90.3 Å². The Morgan fingerprint density at radius 1 is 1.10 bits per heavy atom. The Labute approximate surface area is 182 Å². The van der Waals surface area contributed by atoms with E-state index in [4.69, 9.17) is 4.74 Å². The Hall–Kier alpha value is -2.97. The molecule has 0 radical (unpaired) electrons. The number of carbonyl (C=O) groups is 1. The first kappa shape index (κ1) is 21.3. The van der Waals surface area contributed by atoms with Gasteiger partial charge in [-0.3, -0.25) is 9.48 Å². The van der Waals surface area contributed by atoms with Gasteiger partial charge < -0.3 is 10.1 Å². The summed E-state index contributed by atoms with van der Waals surface area (Å²) in [4.78, 5) is 13.2. The van der Waals surface area contributed by atoms with Gasteiger partial charge in [-0.15, -0.1) is 0 Å². The van der Waals surface area contributed by atoms with E-state index in [-0.39, 0.29) is 22.6 Å². The molecule has 1 aliphatic heterocycles. The number of ether oxygens (including phenoxy) is 1. The highest BCUT2D eigenvalue weighted by Crippen LogP contribution is 2.25. The van der Waals surface area contributed by atoms with Crippen LogP contribution >= 0.6 is 0 Å². The third-order valence-corrected chi connectivity index (χ3v) is 7.22. The van der Waals surface area contributed by atoms with Crippen molar-refractivity contribution >= 4 is 21.4 Å². The molecule has 1 amide bonds. The number of rotatable bonds is 6. The molecule has 3 aromatic rings. The van der Waals surface area contributed by atoms with Gasteiger partial charge in [-0.05, 0) is 43.5 Å². The highest BCUT2D eigenvalue weighted by Gasteiger charge is 2.23. The van der Waals surface area contributed by atoms with E-state index in [0.29, 0.717) is 30.0 Å². The first-order valence-corrected chi connectivity index (χ1v) is 11.9. The molecule has 7 nitrogen and oxygen atoms in total. The normalized spacial score (nSPS) is 15.0. The number of nitrogens with one attached hydrogen (secondary N) is 1. The van der Waals surface area contributed by atoms with Crippen LogP contribution in [-0.4, -0.2) is 37.3 Å². The lowest BCUT2D eigenvalue weighted by molar-refractivity contribution is 0.0656. The summed E-state index contributed by atoms with van der Waals surface area (Å²) < 4.78 is 32.9. The summed E-state index contributed by atoms with van der Waals surface area (Å²) in [7, 11) is -3.53. The average molecular weight is 440 g/mol. The smallest absolute Gasteiger partial charge is 0.259 e. The van der Waals surface area contributed by atoms with Crippen molar-refractivity contribution < 1.29 is 17.9 Å². The lowest BCUT2D eigenvalue weighted by Gasteiger charge is -2.23. The summed E-state index contributed by atoms with van der Waals surface area (Å²) in [5.41, 5.74) is 2.28. The number of para-hydroxylation sites is 1. The molecule has 0 atom stereocenters. The summed E-state index contributed by atoms with van der Waals surface area (Å²) in [6.45, 7) is 3.26. The van der Waals surface area contributed by atoms with Crippen LogP contribution < -0.4 is 5.32 Å². The molecular formula is C23H25N3O4S. The Bertz CT molecular complexity index is 1170. The van der Waals surface area contributed by atoms with Gasteiger partial charge >= 0.3 is 0 Å². The van der Waals surface area contributed by atoms with E-state index in [1.54, 1.807) is 60.8 Å². The van der Waals surface area contributed by atoms with Crippen molar-refractivity contribution in [2.45, 2.75) is 36.5 Å². The van der Waals surface area contributed by atoms with Gasteiger partial charge in [-0.1, -0.05) is 36.4 Å². The van der Waals surface area contributed by atoms with E-state index in [1.807, 2.05) is 11.6 Å². The van der Waals surface area contributed by atoms with Crippen molar-refractivity contribution in [3.05, 3.63) is 77.6 Å². The van der Waals surface area contributed by atoms with Crippen molar-refractivity contribution in [3.8, 4) is 0 Å². The SMILES string of the molecule is Cc1c(C(=O)Nc2ccccc2CS(=O)(=O)c2ccccc2)cnn1C1CCOCC1. The fraction of sp³-hybridized carbons (Fsp3) is 0.304. The van der Waals surface area contributed by atoms with Gasteiger partial charge in [0.2, 0.25) is 0 Å². The van der Waals surface area contributed by atoms with Crippen molar-refractivity contribution in [3.63, 3.8) is 0 Å². The third kappa shape index (κ3) is 4.70. The second-order valence-electron chi connectivity index (χ2n) is 7.62. The summed E-state index contributed by atoms with van der Waals surface area (Å²) in [6, 6.07) is 15.5. The minimum Gasteiger partial charge on any atom is -0.381 e. The van der Waals surface area contributed by atoms with Crippen LogP contribution in [0.1, 0.15) is 40.5 Å². The van der Waals surface area contributed by atoms with Crippen molar-refractivity contribution in [1.82, 2.24) is 9.78 Å². The predicted molar refractivity (Wildman–Crippen MR) is 118 cm³/mol. The van der Waals surface area contributed by atoms with Crippen LogP contribution in [0.5, 0.6) is 0 Å². The first-order valence-electron chi connectivity index (χ1n) is 10.2. The van der Waals surface area contributed by atoms with Gasteiger partial charge in [-0.25, -0.2) is 8.42 Å². The molecule has 1 saturated heterocycles. The van der Waals surface area contributed by atoms with Crippen LogP contribution in [0.3, 0.4) is 0 Å². The monoisotopic (exact) mass is 439 g/mol. The zero-order valence-corrected chi connectivity index (χ0v) is 18.1. The van der Waals surface area contributed by atoms with E-state index in [0.717, 1.165) is 18.5 Å². The zero-order chi connectivity index (χ0) is 21.8. The standard InChI is InChI=1S/C23H25N3O4S/c1-17-21(15-24-26(17)19-11-13-30-14-12-19)23(27)25-22-10-6-5-7-18(22)16-31(28,29)20-8-3-2-4-9-20/h2-10,15,19H,11-14,16H2,1H3,(H,25,27). The quantitative estimate of drug-likeness (QED) is 0.631. The molecule has 1 aromatic heterocycles. The molecule has 0 aliphatic carbocycles. The molecule has 0 saturated carbocycles. The van der Waals surface area contributed by atoms with E-state index in [2.05, 4.69) is 10.4 Å². The van der Waals surface area contributed by atoms with Crippen molar-refractivity contribution in [2.24, 2.45) is 0 Å². The number of hydrogen-bond acceptors (Lipinski definition) is 5. The van der Waals surface area contributed by atoms with Crippen LogP contribution in [0, 0.1) is 6.92 Å². The van der Waals surface area contributed by atoms with E-state index in [9.17, 15) is 13.2 Å². The zero-order valence-electron chi connectivity index (χ0n) is 17.3. The number of aromatic nitrogens is 2. The molecule has 0 bridgehead atoms. The number of benzene rings is 2. The average Bonchev–Trinajstić information content (AvgIpc) is 3.17. The lowest BCUT2D eigenvalue weighted by Crippen LogP contribution is -2.22. The second kappa shape index (κ2) is 9.03. The fourth-order valence-corrected chi connectivity index (χ4v) is 5.22. The summed E-state index contributed by atoms with van der Waals surface area (Å²) in [5.74, 6) is -0.506. The maximum atomic E-state index is 13.0. The number of hydrogen-bond donors (Lipinski definition) is 1. The molecule has 162 valence electrons. The molecule has 2 aromatic carbocycles. The number of sulfone groups is 1. The van der Waals surface area contributed by atoms with Crippen LogP contribution in [0.2, 0.25) is 0 Å². The molecule has 1 N–H and O–H groups in total. The highest BCUT2D eigenvalue weighted by molar-refractivity contribution is 7.90. The van der Waals surface area contributed by atoms with Gasteiger partial charge in [0.15, 0.2) is 9.84 Å². The number of nitrogens with zero attached hydrogens (tertiary/aromatic N) is 2. The largest absolute Gasteiger partial charge is 0.381 e. The highest BCUT2D eigenvalue weighted by atomic mass is 32.2. The molecule has 2 heterocycles. The van der Waals surface area contributed by atoms with E-state index < -0.39 is 9.84 Å². The van der Waals surface area contributed by atoms with Gasteiger partial charge in [0, 0.05) is 24.6 Å². The Kier molecular flexibility index (Phi) is 6.20. The van der Waals surface area contributed by atoms with Crippen LogP contribution in [0.25, 0.3) is 0 Å². The number of carbonyl (C=O) groups excluding carboxylic acids is 1. The lowest BCUT2D eigenvalue weighted by atomic mass is 10.1. The maximum Gasteiger partial charge on any atom is 0.259 e. The third-order valence-electron chi connectivity index (χ3n) is 5.54. The van der Waals surface area contributed by atoms with Gasteiger partial charge in [-0.2, -0.15) is 5.10 Å². The van der Waals surface area contributed by atoms with Gasteiger partial charge in [0.1, 0.15) is 0 Å². The van der Waals surface area contributed by atoms with Gasteiger partial charge in [0.05, 0.1) is 28.5 Å². The molecule has 0 spiro atoms. The Morgan fingerprint density at radius 3 is 2.52 bits per heavy atom. The van der Waals surface area contributed by atoms with Crippen LogP contribution in [0.4, 0.5) is 5.69 Å². The summed E-state index contributed by atoms with van der Waals surface area (Å²) in [6.07, 6.45) is 3.30. The molecule has 1 fully saturated rings. The number of anilines is 1. The van der Waals surface area contributed by atoms with Crippen LogP contribution in [0.15, 0.2) is 65.7 Å². The Morgan fingerprint density at radius 2 is 1.77 bits per heavy atom. The molecule has 1 aliphatic rings. The minimum atomic E-state index is -3.53. The first-order chi connectivity index (χ1) is 15.0. The summed E-state index contributed by atoms with van der Waals surface area (Å²) in [5, 5.41) is 7.30. The van der Waals surface area contributed by atoms with E-state index in [1.165, 1.54) is 0 Å². The fourth-order valence-electron chi connectivity index (χ4n) is 3.82. The second-order valence-corrected chi connectivity index (χ2v) is 9.60. The van der Waals surface area contributed by atoms with Crippen LogP contribution in [-0.2, 0) is 20.3 Å².